The van der Waals surface area contributed by atoms with Gasteiger partial charge in [-0.25, -0.2) is 4.98 Å². The number of rotatable bonds is 4. The highest BCUT2D eigenvalue weighted by molar-refractivity contribution is 5.46. The van der Waals surface area contributed by atoms with Crippen molar-refractivity contribution in [2.24, 2.45) is 0 Å². The van der Waals surface area contributed by atoms with Crippen LogP contribution in [-0.2, 0) is 6.54 Å². The van der Waals surface area contributed by atoms with Crippen LogP contribution in [0.25, 0.3) is 11.6 Å². The van der Waals surface area contributed by atoms with Crippen molar-refractivity contribution >= 4 is 5.69 Å². The molecule has 5 heteroatoms. The summed E-state index contributed by atoms with van der Waals surface area (Å²) in [7, 11) is 0. The van der Waals surface area contributed by atoms with Crippen LogP contribution in [0.5, 0.6) is 0 Å². The number of hydrogen-bond donors (Lipinski definition) is 2. The molecule has 5 nitrogen and oxygen atoms in total. The molecule has 0 saturated heterocycles. The van der Waals surface area contributed by atoms with Crippen LogP contribution in [0.2, 0.25) is 0 Å². The molecule has 2 N–H and O–H groups in total. The van der Waals surface area contributed by atoms with E-state index in [1.807, 2.05) is 42.5 Å². The lowest BCUT2D eigenvalue weighted by molar-refractivity contribution is 0.577. The number of benzene rings is 1. The fourth-order valence-corrected chi connectivity index (χ4v) is 1.63. The van der Waals surface area contributed by atoms with E-state index >= 15 is 0 Å². The number of aromatic amines is 1. The highest BCUT2D eigenvalue weighted by Crippen LogP contribution is 2.14. The Morgan fingerprint density at radius 1 is 1.11 bits per heavy atom. The molecule has 0 unspecified atom stereocenters. The Labute approximate surface area is 104 Å². The summed E-state index contributed by atoms with van der Waals surface area (Å²) in [5.74, 6) is 2.01. The Morgan fingerprint density at radius 2 is 2.00 bits per heavy atom. The van der Waals surface area contributed by atoms with Gasteiger partial charge in [-0.15, -0.1) is 5.10 Å². The summed E-state index contributed by atoms with van der Waals surface area (Å²) in [6.07, 6.45) is 1.60. The summed E-state index contributed by atoms with van der Waals surface area (Å²) in [5.41, 5.74) is 1.05. The molecule has 0 bridgehead atoms. The van der Waals surface area contributed by atoms with E-state index in [4.69, 9.17) is 4.42 Å². The van der Waals surface area contributed by atoms with Crippen molar-refractivity contribution in [2.75, 3.05) is 5.32 Å². The first-order valence-corrected chi connectivity index (χ1v) is 5.66. The molecule has 2 aromatic heterocycles. The topological polar surface area (TPSA) is 66.7 Å². The molecule has 0 amide bonds. The number of furan rings is 1. The van der Waals surface area contributed by atoms with Crippen LogP contribution < -0.4 is 5.32 Å². The van der Waals surface area contributed by atoms with Crippen LogP contribution in [-0.4, -0.2) is 15.2 Å². The second-order valence-electron chi connectivity index (χ2n) is 3.80. The van der Waals surface area contributed by atoms with Gasteiger partial charge >= 0.3 is 0 Å². The number of H-pyrrole nitrogens is 1. The second-order valence-corrected chi connectivity index (χ2v) is 3.80. The Morgan fingerprint density at radius 3 is 2.78 bits per heavy atom. The monoisotopic (exact) mass is 240 g/mol. The predicted molar refractivity (Wildman–Crippen MR) is 67.9 cm³/mol. The molecule has 0 spiro atoms. The summed E-state index contributed by atoms with van der Waals surface area (Å²) in [6.45, 7) is 0.595. The number of nitrogens with zero attached hydrogens (tertiary/aromatic N) is 2. The molecule has 1 aromatic carbocycles. The summed E-state index contributed by atoms with van der Waals surface area (Å²) < 4.78 is 5.23. The molecule has 90 valence electrons. The lowest BCUT2D eigenvalue weighted by atomic mass is 10.3. The largest absolute Gasteiger partial charge is 0.461 e. The molecule has 0 aliphatic carbocycles. The Bertz CT molecular complexity index is 601. The number of aromatic nitrogens is 3. The van der Waals surface area contributed by atoms with E-state index in [9.17, 15) is 0 Å². The van der Waals surface area contributed by atoms with Gasteiger partial charge < -0.3 is 9.73 Å². The number of hydrogen-bond acceptors (Lipinski definition) is 4. The fraction of sp³-hybridized carbons (Fsp3) is 0.0769. The van der Waals surface area contributed by atoms with E-state index < -0.39 is 0 Å². The maximum atomic E-state index is 5.23. The Hall–Kier alpha value is -2.56. The first-order chi connectivity index (χ1) is 8.92. The van der Waals surface area contributed by atoms with Crippen LogP contribution >= 0.6 is 0 Å². The molecule has 3 aromatic rings. The average Bonchev–Trinajstić information content (AvgIpc) is 3.08. The predicted octanol–water partition coefficient (Wildman–Crippen LogP) is 2.68. The van der Waals surface area contributed by atoms with Gasteiger partial charge in [0.05, 0.1) is 12.8 Å². The fourth-order valence-electron chi connectivity index (χ4n) is 1.63. The summed E-state index contributed by atoms with van der Waals surface area (Å²) in [5, 5.41) is 10.2. The summed E-state index contributed by atoms with van der Waals surface area (Å²) >= 11 is 0. The highest BCUT2D eigenvalue weighted by Gasteiger charge is 2.07. The minimum absolute atomic E-state index is 0.574. The van der Waals surface area contributed by atoms with Crippen molar-refractivity contribution in [1.29, 1.82) is 0 Å². The molecule has 18 heavy (non-hydrogen) atoms. The number of para-hydroxylation sites is 1. The van der Waals surface area contributed by atoms with E-state index in [-0.39, 0.29) is 0 Å². The zero-order valence-corrected chi connectivity index (χ0v) is 9.63. The van der Waals surface area contributed by atoms with Crippen molar-refractivity contribution in [3.63, 3.8) is 0 Å². The third-order valence-corrected chi connectivity index (χ3v) is 2.51. The van der Waals surface area contributed by atoms with E-state index in [0.717, 1.165) is 11.5 Å². The van der Waals surface area contributed by atoms with Gasteiger partial charge in [0.15, 0.2) is 5.76 Å². The minimum Gasteiger partial charge on any atom is -0.461 e. The van der Waals surface area contributed by atoms with Crippen LogP contribution in [0.3, 0.4) is 0 Å². The molecule has 2 heterocycles. The smallest absolute Gasteiger partial charge is 0.216 e. The van der Waals surface area contributed by atoms with E-state index in [0.29, 0.717) is 18.1 Å². The van der Waals surface area contributed by atoms with Crippen molar-refractivity contribution < 1.29 is 4.42 Å². The molecule has 0 atom stereocenters. The molecule has 0 saturated carbocycles. The Kier molecular flexibility index (Phi) is 2.79. The van der Waals surface area contributed by atoms with Crippen molar-refractivity contribution in [1.82, 2.24) is 15.2 Å². The molecule has 0 aliphatic rings. The van der Waals surface area contributed by atoms with Gasteiger partial charge in [0.25, 0.3) is 0 Å². The maximum absolute atomic E-state index is 5.23. The average molecular weight is 240 g/mol. The zero-order valence-electron chi connectivity index (χ0n) is 9.63. The highest BCUT2D eigenvalue weighted by atomic mass is 16.3. The van der Waals surface area contributed by atoms with Gasteiger partial charge in [-0.05, 0) is 24.3 Å². The molecule has 0 fully saturated rings. The zero-order chi connectivity index (χ0) is 12.2. The van der Waals surface area contributed by atoms with Crippen molar-refractivity contribution in [3.05, 3.63) is 54.6 Å². The standard InChI is InChI=1S/C13H12N4O/c1-2-5-10(6-3-1)14-9-12-15-13(17-16-12)11-7-4-8-18-11/h1-8,14H,9H2,(H,15,16,17). The van der Waals surface area contributed by atoms with Gasteiger partial charge in [0.2, 0.25) is 5.82 Å². The van der Waals surface area contributed by atoms with Gasteiger partial charge in [-0.3, -0.25) is 5.10 Å². The van der Waals surface area contributed by atoms with Gasteiger partial charge in [-0.1, -0.05) is 18.2 Å². The summed E-state index contributed by atoms with van der Waals surface area (Å²) in [6, 6.07) is 13.6. The minimum atomic E-state index is 0.574. The van der Waals surface area contributed by atoms with Crippen LogP contribution in [0.15, 0.2) is 53.1 Å². The normalized spacial score (nSPS) is 10.4. The molecule has 0 aliphatic heterocycles. The third-order valence-electron chi connectivity index (χ3n) is 2.51. The molecular formula is C13H12N4O. The summed E-state index contributed by atoms with van der Waals surface area (Å²) in [4.78, 5) is 4.34. The molecular weight excluding hydrogens is 228 g/mol. The van der Waals surface area contributed by atoms with Gasteiger partial charge in [0, 0.05) is 5.69 Å². The van der Waals surface area contributed by atoms with Gasteiger partial charge in [-0.2, -0.15) is 0 Å². The lowest BCUT2D eigenvalue weighted by Gasteiger charge is -2.02. The molecule has 0 radical (unpaired) electrons. The van der Waals surface area contributed by atoms with Crippen LogP contribution in [0.1, 0.15) is 5.82 Å². The van der Waals surface area contributed by atoms with Crippen LogP contribution in [0.4, 0.5) is 5.69 Å². The van der Waals surface area contributed by atoms with Gasteiger partial charge in [0.1, 0.15) is 5.82 Å². The SMILES string of the molecule is c1ccc(NCc2nc(-c3ccco3)n[nH]2)cc1. The maximum Gasteiger partial charge on any atom is 0.216 e. The number of nitrogens with one attached hydrogen (secondary N) is 2. The lowest BCUT2D eigenvalue weighted by Crippen LogP contribution is -2.00. The van der Waals surface area contributed by atoms with E-state index in [2.05, 4.69) is 20.5 Å². The van der Waals surface area contributed by atoms with Crippen molar-refractivity contribution in [2.45, 2.75) is 6.54 Å². The quantitative estimate of drug-likeness (QED) is 0.735. The Balaban J connectivity index is 1.68. The third kappa shape index (κ3) is 2.24. The van der Waals surface area contributed by atoms with Crippen LogP contribution in [0, 0.1) is 0 Å². The van der Waals surface area contributed by atoms with E-state index in [1.165, 1.54) is 0 Å². The first-order valence-electron chi connectivity index (χ1n) is 5.66. The first kappa shape index (κ1) is 10.6. The second kappa shape index (κ2) is 4.75. The van der Waals surface area contributed by atoms with Crippen molar-refractivity contribution in [3.8, 4) is 11.6 Å². The van der Waals surface area contributed by atoms with E-state index in [1.54, 1.807) is 6.26 Å². The number of anilines is 1. The molecule has 3 rings (SSSR count).